The maximum Gasteiger partial charge on any atom is 0.228 e. The van der Waals surface area contributed by atoms with Gasteiger partial charge >= 0.3 is 0 Å². The summed E-state index contributed by atoms with van der Waals surface area (Å²) >= 11 is 2.82. The number of aryl methyl sites for hydroxylation is 1. The van der Waals surface area contributed by atoms with Crippen molar-refractivity contribution in [1.82, 2.24) is 15.5 Å². The van der Waals surface area contributed by atoms with E-state index in [2.05, 4.69) is 20.8 Å². The molecule has 2 heterocycles. The summed E-state index contributed by atoms with van der Waals surface area (Å²) < 4.78 is 0. The number of carbonyl (C=O) groups excluding carboxylic acids is 2. The van der Waals surface area contributed by atoms with Crippen LogP contribution in [-0.2, 0) is 9.59 Å². The van der Waals surface area contributed by atoms with Gasteiger partial charge in [0.1, 0.15) is 5.01 Å². The molecule has 6 nitrogen and oxygen atoms in total. The molecule has 106 valence electrons. The Morgan fingerprint density at radius 1 is 1.40 bits per heavy atom. The predicted molar refractivity (Wildman–Crippen MR) is 78.8 cm³/mol. The zero-order chi connectivity index (χ0) is 14.5. The van der Waals surface area contributed by atoms with E-state index in [9.17, 15) is 9.59 Å². The molecule has 2 N–H and O–H groups in total. The Morgan fingerprint density at radius 2 is 2.20 bits per heavy atom. The largest absolute Gasteiger partial charge is 0.348 e. The average molecular weight is 310 g/mol. The van der Waals surface area contributed by atoms with Gasteiger partial charge in [0.25, 0.3) is 0 Å². The molecule has 1 atom stereocenters. The number of nitrogens with one attached hydrogen (secondary N) is 2. The van der Waals surface area contributed by atoms with Crippen LogP contribution in [0.2, 0.25) is 0 Å². The van der Waals surface area contributed by atoms with Crippen LogP contribution in [0.15, 0.2) is 17.5 Å². The van der Waals surface area contributed by atoms with Gasteiger partial charge in [-0.05, 0) is 18.4 Å². The third kappa shape index (κ3) is 4.10. The van der Waals surface area contributed by atoms with Gasteiger partial charge in [0.05, 0.1) is 12.5 Å². The van der Waals surface area contributed by atoms with Gasteiger partial charge in [-0.15, -0.1) is 21.5 Å². The molecule has 2 amide bonds. The zero-order valence-corrected chi connectivity index (χ0v) is 12.7. The van der Waals surface area contributed by atoms with Gasteiger partial charge in [-0.2, -0.15) is 0 Å². The Hall–Kier alpha value is -1.80. The molecule has 0 saturated carbocycles. The SMILES string of the molecule is CC(=O)NC(CC(=O)Nc1nnc(C)s1)c1cccs1. The average Bonchev–Trinajstić information content (AvgIpc) is 2.99. The summed E-state index contributed by atoms with van der Waals surface area (Å²) in [6.45, 7) is 3.26. The van der Waals surface area contributed by atoms with Crippen molar-refractivity contribution in [1.29, 1.82) is 0 Å². The molecule has 0 aliphatic rings. The molecule has 0 radical (unpaired) electrons. The fourth-order valence-corrected chi connectivity index (χ4v) is 3.05. The van der Waals surface area contributed by atoms with Crippen molar-refractivity contribution in [2.45, 2.75) is 26.3 Å². The van der Waals surface area contributed by atoms with Crippen molar-refractivity contribution in [3.8, 4) is 0 Å². The third-order valence-electron chi connectivity index (χ3n) is 2.43. The summed E-state index contributed by atoms with van der Waals surface area (Å²) in [7, 11) is 0. The number of nitrogens with zero attached hydrogens (tertiary/aromatic N) is 2. The lowest BCUT2D eigenvalue weighted by molar-refractivity contribution is -0.120. The molecule has 8 heteroatoms. The van der Waals surface area contributed by atoms with Crippen molar-refractivity contribution in [2.24, 2.45) is 0 Å². The standard InChI is InChI=1S/C12H14N4O2S2/c1-7(17)13-9(10-4-3-5-19-10)6-11(18)14-12-16-15-8(2)20-12/h3-5,9H,6H2,1-2H3,(H,13,17)(H,14,16,18). The highest BCUT2D eigenvalue weighted by Crippen LogP contribution is 2.23. The van der Waals surface area contributed by atoms with E-state index in [1.165, 1.54) is 29.6 Å². The molecule has 0 aromatic carbocycles. The molecule has 0 bridgehead atoms. The van der Waals surface area contributed by atoms with Crippen LogP contribution in [0.1, 0.15) is 29.3 Å². The molecule has 0 spiro atoms. The van der Waals surface area contributed by atoms with Gasteiger partial charge in [0.15, 0.2) is 0 Å². The maximum atomic E-state index is 12.0. The molecule has 2 aromatic rings. The lowest BCUT2D eigenvalue weighted by Gasteiger charge is -2.15. The minimum atomic E-state index is -0.318. The number of hydrogen-bond acceptors (Lipinski definition) is 6. The van der Waals surface area contributed by atoms with Crippen LogP contribution < -0.4 is 10.6 Å². The van der Waals surface area contributed by atoms with E-state index in [0.29, 0.717) is 5.13 Å². The highest BCUT2D eigenvalue weighted by Gasteiger charge is 2.18. The van der Waals surface area contributed by atoms with Crippen LogP contribution in [0.25, 0.3) is 0 Å². The molecular weight excluding hydrogens is 296 g/mol. The monoisotopic (exact) mass is 310 g/mol. The molecule has 0 saturated heterocycles. The van der Waals surface area contributed by atoms with Crippen LogP contribution >= 0.6 is 22.7 Å². The van der Waals surface area contributed by atoms with Crippen molar-refractivity contribution in [3.05, 3.63) is 27.4 Å². The summed E-state index contributed by atoms with van der Waals surface area (Å²) in [5.74, 6) is -0.365. The number of thiophene rings is 1. The van der Waals surface area contributed by atoms with E-state index in [0.717, 1.165) is 9.88 Å². The summed E-state index contributed by atoms with van der Waals surface area (Å²) in [6, 6.07) is 3.47. The highest BCUT2D eigenvalue weighted by molar-refractivity contribution is 7.15. The second-order valence-corrected chi connectivity index (χ2v) is 6.31. The van der Waals surface area contributed by atoms with Gasteiger partial charge < -0.3 is 10.6 Å². The molecule has 0 aliphatic carbocycles. The normalized spacial score (nSPS) is 11.9. The number of aromatic nitrogens is 2. The molecule has 0 fully saturated rings. The Morgan fingerprint density at radius 3 is 2.75 bits per heavy atom. The first-order valence-electron chi connectivity index (χ1n) is 5.95. The predicted octanol–water partition coefficient (Wildman–Crippen LogP) is 2.11. The van der Waals surface area contributed by atoms with E-state index < -0.39 is 0 Å². The number of amides is 2. The Labute approximate surface area is 124 Å². The number of anilines is 1. The fraction of sp³-hybridized carbons (Fsp3) is 0.333. The lowest BCUT2D eigenvalue weighted by atomic mass is 10.1. The first-order valence-corrected chi connectivity index (χ1v) is 7.64. The third-order valence-corrected chi connectivity index (χ3v) is 4.17. The zero-order valence-electron chi connectivity index (χ0n) is 11.0. The Bertz CT molecular complexity index is 594. The number of rotatable bonds is 5. The molecule has 1 unspecified atom stereocenters. The quantitative estimate of drug-likeness (QED) is 0.886. The van der Waals surface area contributed by atoms with Gasteiger partial charge in [-0.25, -0.2) is 0 Å². The van der Waals surface area contributed by atoms with Crippen molar-refractivity contribution < 1.29 is 9.59 Å². The summed E-state index contributed by atoms with van der Waals surface area (Å²) in [5.41, 5.74) is 0. The van der Waals surface area contributed by atoms with Crippen LogP contribution in [0.5, 0.6) is 0 Å². The smallest absolute Gasteiger partial charge is 0.228 e. The molecule has 2 aromatic heterocycles. The minimum absolute atomic E-state index is 0.164. The van der Waals surface area contributed by atoms with Crippen LogP contribution in [-0.4, -0.2) is 22.0 Å². The Balaban J connectivity index is 2.00. The topological polar surface area (TPSA) is 84.0 Å². The molecule has 2 rings (SSSR count). The van der Waals surface area contributed by atoms with Crippen molar-refractivity contribution in [2.75, 3.05) is 5.32 Å². The molecule has 0 aliphatic heterocycles. The van der Waals surface area contributed by atoms with Gasteiger partial charge in [-0.1, -0.05) is 17.4 Å². The minimum Gasteiger partial charge on any atom is -0.348 e. The van der Waals surface area contributed by atoms with Crippen LogP contribution in [0.4, 0.5) is 5.13 Å². The van der Waals surface area contributed by atoms with Crippen molar-refractivity contribution >= 4 is 39.6 Å². The Kier molecular flexibility index (Phi) is 4.80. The first kappa shape index (κ1) is 14.6. The van der Waals surface area contributed by atoms with Crippen molar-refractivity contribution in [3.63, 3.8) is 0 Å². The highest BCUT2D eigenvalue weighted by atomic mass is 32.1. The molecular formula is C12H14N4O2S2. The van der Waals surface area contributed by atoms with E-state index in [4.69, 9.17) is 0 Å². The van der Waals surface area contributed by atoms with Gasteiger partial charge in [0.2, 0.25) is 16.9 Å². The van der Waals surface area contributed by atoms with E-state index in [1.54, 1.807) is 0 Å². The van der Waals surface area contributed by atoms with E-state index in [-0.39, 0.29) is 24.3 Å². The van der Waals surface area contributed by atoms with E-state index in [1.807, 2.05) is 24.4 Å². The second-order valence-electron chi connectivity index (χ2n) is 4.15. The van der Waals surface area contributed by atoms with Crippen LogP contribution in [0.3, 0.4) is 0 Å². The van der Waals surface area contributed by atoms with Gasteiger partial charge in [0, 0.05) is 11.8 Å². The van der Waals surface area contributed by atoms with E-state index >= 15 is 0 Å². The second kappa shape index (κ2) is 6.58. The summed E-state index contributed by atoms with van der Waals surface area (Å²) in [6.07, 6.45) is 0.165. The molecule has 20 heavy (non-hydrogen) atoms. The first-order chi connectivity index (χ1) is 9.54. The fourth-order valence-electron chi connectivity index (χ4n) is 1.66. The lowest BCUT2D eigenvalue weighted by Crippen LogP contribution is -2.29. The van der Waals surface area contributed by atoms with Gasteiger partial charge in [-0.3, -0.25) is 9.59 Å². The summed E-state index contributed by atoms with van der Waals surface area (Å²) in [4.78, 5) is 24.2. The number of carbonyl (C=O) groups is 2. The number of hydrogen-bond donors (Lipinski definition) is 2. The maximum absolute atomic E-state index is 12.0. The summed E-state index contributed by atoms with van der Waals surface area (Å²) in [5, 5.41) is 16.3. The van der Waals surface area contributed by atoms with Crippen LogP contribution in [0, 0.1) is 6.92 Å².